The number of unbranched alkanes of at least 4 members (excludes halogenated alkanes) is 1. The number of ether oxygens (including phenoxy) is 1. The smallest absolute Gasteiger partial charge is 0.262 e. The van der Waals surface area contributed by atoms with Crippen LogP contribution in [0.5, 0.6) is 5.75 Å². The fourth-order valence-electron chi connectivity index (χ4n) is 2.61. The van der Waals surface area contributed by atoms with Crippen LogP contribution in [0.15, 0.2) is 47.6 Å². The Morgan fingerprint density at radius 2 is 2.04 bits per heavy atom. The topological polar surface area (TPSA) is 118 Å². The summed E-state index contributed by atoms with van der Waals surface area (Å²) >= 11 is 0. The standard InChI is InChI=1S/C19H25N3O5S/c1-3-4-7-14(13-23)21-19(24)17-8-5-6-9-18(17)28(25,26)22-15-10-16(27-2)12-20-11-15/h5-6,8-12,14,22-23H,3-4,7,13H2,1-2H3,(H,21,24). The maximum Gasteiger partial charge on any atom is 0.262 e. The summed E-state index contributed by atoms with van der Waals surface area (Å²) in [6.45, 7) is 1.80. The Labute approximate surface area is 165 Å². The molecule has 1 aromatic carbocycles. The molecule has 1 heterocycles. The quantitative estimate of drug-likeness (QED) is 0.556. The third kappa shape index (κ3) is 5.67. The minimum absolute atomic E-state index is 0.000744. The largest absolute Gasteiger partial charge is 0.495 e. The van der Waals surface area contributed by atoms with Crippen LogP contribution in [-0.4, -0.2) is 44.2 Å². The molecule has 0 aliphatic carbocycles. The Morgan fingerprint density at radius 3 is 2.71 bits per heavy atom. The number of benzene rings is 1. The average Bonchev–Trinajstić information content (AvgIpc) is 2.70. The Hall–Kier alpha value is -2.65. The Kier molecular flexibility index (Phi) is 7.77. The van der Waals surface area contributed by atoms with Crippen molar-refractivity contribution in [2.45, 2.75) is 37.1 Å². The summed E-state index contributed by atoms with van der Waals surface area (Å²) in [5, 5.41) is 12.2. The summed E-state index contributed by atoms with van der Waals surface area (Å²) < 4.78 is 33.1. The number of hydrogen-bond acceptors (Lipinski definition) is 6. The number of sulfonamides is 1. The second kappa shape index (κ2) is 10.0. The van der Waals surface area contributed by atoms with Crippen molar-refractivity contribution in [1.29, 1.82) is 0 Å². The van der Waals surface area contributed by atoms with Crippen LogP contribution in [0, 0.1) is 0 Å². The van der Waals surface area contributed by atoms with Gasteiger partial charge in [-0.2, -0.15) is 0 Å². The first-order valence-electron chi connectivity index (χ1n) is 8.94. The predicted octanol–water partition coefficient (Wildman–Crippen LogP) is 2.17. The van der Waals surface area contributed by atoms with Crippen molar-refractivity contribution in [3.05, 3.63) is 48.3 Å². The summed E-state index contributed by atoms with van der Waals surface area (Å²) in [5.74, 6) is -0.159. The molecule has 152 valence electrons. The molecule has 2 aromatic rings. The van der Waals surface area contributed by atoms with E-state index in [4.69, 9.17) is 4.74 Å². The normalized spacial score (nSPS) is 12.2. The van der Waals surface area contributed by atoms with Crippen molar-refractivity contribution in [3.8, 4) is 5.75 Å². The summed E-state index contributed by atoms with van der Waals surface area (Å²) in [6, 6.07) is 6.96. The lowest BCUT2D eigenvalue weighted by Gasteiger charge is -2.17. The molecule has 8 nitrogen and oxygen atoms in total. The molecule has 1 amide bonds. The minimum atomic E-state index is -4.04. The zero-order valence-corrected chi connectivity index (χ0v) is 16.7. The lowest BCUT2D eigenvalue weighted by molar-refractivity contribution is 0.0909. The highest BCUT2D eigenvalue weighted by atomic mass is 32.2. The Bertz CT molecular complexity index is 902. The van der Waals surface area contributed by atoms with Gasteiger partial charge in [0.1, 0.15) is 10.6 Å². The maximum atomic E-state index is 12.8. The van der Waals surface area contributed by atoms with Gasteiger partial charge >= 0.3 is 0 Å². The number of aliphatic hydroxyl groups excluding tert-OH is 1. The fourth-order valence-corrected chi connectivity index (χ4v) is 3.85. The Morgan fingerprint density at radius 1 is 1.29 bits per heavy atom. The molecule has 1 atom stereocenters. The van der Waals surface area contributed by atoms with Crippen molar-refractivity contribution in [3.63, 3.8) is 0 Å². The van der Waals surface area contributed by atoms with E-state index in [1.165, 1.54) is 43.8 Å². The van der Waals surface area contributed by atoms with E-state index in [1.54, 1.807) is 6.07 Å². The van der Waals surface area contributed by atoms with Gasteiger partial charge in [-0.3, -0.25) is 14.5 Å². The molecule has 0 radical (unpaired) electrons. The number of nitrogens with one attached hydrogen (secondary N) is 2. The van der Waals surface area contributed by atoms with Crippen molar-refractivity contribution in [2.75, 3.05) is 18.4 Å². The predicted molar refractivity (Wildman–Crippen MR) is 106 cm³/mol. The second-order valence-electron chi connectivity index (χ2n) is 6.21. The van der Waals surface area contributed by atoms with Crippen LogP contribution in [0.4, 0.5) is 5.69 Å². The van der Waals surface area contributed by atoms with Crippen molar-refractivity contribution in [1.82, 2.24) is 10.3 Å². The van der Waals surface area contributed by atoms with Gasteiger partial charge in [-0.05, 0) is 18.6 Å². The van der Waals surface area contributed by atoms with Gasteiger partial charge in [0.05, 0.1) is 43.4 Å². The molecule has 0 saturated heterocycles. The van der Waals surface area contributed by atoms with Gasteiger partial charge in [-0.15, -0.1) is 0 Å². The lowest BCUT2D eigenvalue weighted by atomic mass is 10.1. The van der Waals surface area contributed by atoms with Crippen LogP contribution >= 0.6 is 0 Å². The van der Waals surface area contributed by atoms with Crippen LogP contribution in [0.1, 0.15) is 36.5 Å². The van der Waals surface area contributed by atoms with E-state index in [0.717, 1.165) is 12.8 Å². The molecule has 1 aromatic heterocycles. The summed E-state index contributed by atoms with van der Waals surface area (Å²) in [6.07, 6.45) is 5.17. The van der Waals surface area contributed by atoms with Crippen LogP contribution in [0.3, 0.4) is 0 Å². The van der Waals surface area contributed by atoms with E-state index in [0.29, 0.717) is 12.2 Å². The molecule has 2 rings (SSSR count). The molecular weight excluding hydrogens is 382 g/mol. The van der Waals surface area contributed by atoms with Crippen LogP contribution in [-0.2, 0) is 10.0 Å². The van der Waals surface area contributed by atoms with Gasteiger partial charge < -0.3 is 15.2 Å². The molecule has 0 fully saturated rings. The van der Waals surface area contributed by atoms with Crippen molar-refractivity contribution in [2.24, 2.45) is 0 Å². The van der Waals surface area contributed by atoms with Gasteiger partial charge in [0.15, 0.2) is 0 Å². The van der Waals surface area contributed by atoms with E-state index in [2.05, 4.69) is 15.0 Å². The summed E-state index contributed by atoms with van der Waals surface area (Å²) in [4.78, 5) is 16.4. The number of anilines is 1. The minimum Gasteiger partial charge on any atom is -0.495 e. The van der Waals surface area contributed by atoms with Crippen LogP contribution in [0.2, 0.25) is 0 Å². The zero-order chi connectivity index (χ0) is 20.6. The number of aromatic nitrogens is 1. The number of carbonyl (C=O) groups is 1. The van der Waals surface area contributed by atoms with Gasteiger partial charge in [-0.1, -0.05) is 31.9 Å². The number of aliphatic hydroxyl groups is 1. The summed E-state index contributed by atoms with van der Waals surface area (Å²) in [7, 11) is -2.59. The SMILES string of the molecule is CCCCC(CO)NC(=O)c1ccccc1S(=O)(=O)Nc1cncc(OC)c1. The molecule has 0 spiro atoms. The van der Waals surface area contributed by atoms with Crippen LogP contribution in [0.25, 0.3) is 0 Å². The second-order valence-corrected chi connectivity index (χ2v) is 7.86. The molecule has 3 N–H and O–H groups in total. The summed E-state index contributed by atoms with van der Waals surface area (Å²) in [5.41, 5.74) is 0.214. The monoisotopic (exact) mass is 407 g/mol. The molecule has 0 bridgehead atoms. The van der Waals surface area contributed by atoms with Gasteiger partial charge in [0.25, 0.3) is 15.9 Å². The first-order valence-corrected chi connectivity index (χ1v) is 10.4. The van der Waals surface area contributed by atoms with E-state index >= 15 is 0 Å². The van der Waals surface area contributed by atoms with E-state index in [1.807, 2.05) is 6.92 Å². The Balaban J connectivity index is 2.27. The fraction of sp³-hybridized carbons (Fsp3) is 0.368. The maximum absolute atomic E-state index is 12.8. The van der Waals surface area contributed by atoms with Gasteiger partial charge in [0, 0.05) is 6.07 Å². The number of amides is 1. The van der Waals surface area contributed by atoms with Gasteiger partial charge in [0.2, 0.25) is 0 Å². The van der Waals surface area contributed by atoms with E-state index in [9.17, 15) is 18.3 Å². The first kappa shape index (κ1) is 21.6. The molecular formula is C19H25N3O5S. The molecule has 28 heavy (non-hydrogen) atoms. The number of carbonyl (C=O) groups excluding carboxylic acids is 1. The first-order chi connectivity index (χ1) is 13.4. The molecule has 0 aliphatic heterocycles. The average molecular weight is 407 g/mol. The highest BCUT2D eigenvalue weighted by molar-refractivity contribution is 7.92. The van der Waals surface area contributed by atoms with E-state index in [-0.39, 0.29) is 22.8 Å². The highest BCUT2D eigenvalue weighted by Gasteiger charge is 2.23. The third-order valence-corrected chi connectivity index (χ3v) is 5.52. The van der Waals surface area contributed by atoms with Crippen molar-refractivity contribution < 1.29 is 23.1 Å². The number of methoxy groups -OCH3 is 1. The number of pyridine rings is 1. The highest BCUT2D eigenvalue weighted by Crippen LogP contribution is 2.22. The number of rotatable bonds is 10. The van der Waals surface area contributed by atoms with Crippen LogP contribution < -0.4 is 14.8 Å². The van der Waals surface area contributed by atoms with E-state index < -0.39 is 22.0 Å². The molecule has 0 saturated carbocycles. The third-order valence-electron chi connectivity index (χ3n) is 4.08. The number of hydrogen-bond donors (Lipinski definition) is 3. The van der Waals surface area contributed by atoms with Gasteiger partial charge in [-0.25, -0.2) is 8.42 Å². The zero-order valence-electron chi connectivity index (χ0n) is 15.9. The lowest BCUT2D eigenvalue weighted by Crippen LogP contribution is -2.38. The molecule has 1 unspecified atom stereocenters. The molecule has 0 aliphatic rings. The van der Waals surface area contributed by atoms with Crippen molar-refractivity contribution >= 4 is 21.6 Å². The number of nitrogens with zero attached hydrogens (tertiary/aromatic N) is 1. The molecule has 9 heteroatoms.